The third-order valence-electron chi connectivity index (χ3n) is 5.92. The second kappa shape index (κ2) is 6.10. The van der Waals surface area contributed by atoms with Gasteiger partial charge in [-0.25, -0.2) is 0 Å². The van der Waals surface area contributed by atoms with E-state index in [1.165, 1.54) is 49.9 Å². The highest BCUT2D eigenvalue weighted by Gasteiger charge is 2.51. The second-order valence-corrected chi connectivity index (χ2v) is 9.23. The third kappa shape index (κ3) is 3.31. The van der Waals surface area contributed by atoms with Gasteiger partial charge in [0, 0.05) is 6.42 Å². The maximum absolute atomic E-state index is 12.4. The molecule has 1 aromatic rings. The van der Waals surface area contributed by atoms with Crippen LogP contribution >= 0.6 is 11.3 Å². The fourth-order valence-electron chi connectivity index (χ4n) is 5.60. The van der Waals surface area contributed by atoms with E-state index in [2.05, 4.69) is 20.8 Å². The van der Waals surface area contributed by atoms with E-state index in [9.17, 15) is 9.59 Å². The molecule has 2 amide bonds. The van der Waals surface area contributed by atoms with Gasteiger partial charge in [-0.3, -0.25) is 14.9 Å². The molecule has 6 nitrogen and oxygen atoms in total. The van der Waals surface area contributed by atoms with Gasteiger partial charge >= 0.3 is 0 Å². The van der Waals surface area contributed by atoms with Crippen molar-refractivity contribution in [2.24, 2.45) is 23.2 Å². The summed E-state index contributed by atoms with van der Waals surface area (Å²) in [5, 5.41) is 14.4. The molecule has 7 heteroatoms. The first-order valence-corrected chi connectivity index (χ1v) is 9.68. The Balaban J connectivity index is 1.27. The lowest BCUT2D eigenvalue weighted by atomic mass is 9.49. The van der Waals surface area contributed by atoms with Gasteiger partial charge in [0.15, 0.2) is 0 Å². The van der Waals surface area contributed by atoms with Crippen LogP contribution in [0.1, 0.15) is 50.0 Å². The quantitative estimate of drug-likeness (QED) is 0.856. The van der Waals surface area contributed by atoms with E-state index in [1.54, 1.807) is 0 Å². The molecule has 24 heavy (non-hydrogen) atoms. The monoisotopic (exact) mass is 348 g/mol. The Morgan fingerprint density at radius 1 is 1.08 bits per heavy atom. The average Bonchev–Trinajstić information content (AvgIpc) is 2.88. The number of aryl methyl sites for hydroxylation is 1. The highest BCUT2D eigenvalue weighted by atomic mass is 32.1. The van der Waals surface area contributed by atoms with E-state index < -0.39 is 0 Å². The van der Waals surface area contributed by atoms with Crippen LogP contribution in [-0.2, 0) is 9.59 Å². The molecule has 0 aromatic carbocycles. The summed E-state index contributed by atoms with van der Waals surface area (Å²) in [6.45, 7) is 1.84. The van der Waals surface area contributed by atoms with Gasteiger partial charge in [-0.15, -0.1) is 10.2 Å². The maximum Gasteiger partial charge on any atom is 0.245 e. The first kappa shape index (κ1) is 16.0. The van der Waals surface area contributed by atoms with E-state index in [0.29, 0.717) is 11.6 Å². The zero-order valence-electron chi connectivity index (χ0n) is 14.0. The topological polar surface area (TPSA) is 84.0 Å². The van der Waals surface area contributed by atoms with Crippen molar-refractivity contribution in [2.75, 3.05) is 11.9 Å². The Morgan fingerprint density at radius 2 is 1.71 bits per heavy atom. The van der Waals surface area contributed by atoms with Crippen molar-refractivity contribution in [3.63, 3.8) is 0 Å². The van der Waals surface area contributed by atoms with E-state index in [0.717, 1.165) is 22.8 Å². The van der Waals surface area contributed by atoms with E-state index in [1.807, 2.05) is 6.92 Å². The number of nitrogens with zero attached hydrogens (tertiary/aromatic N) is 2. The summed E-state index contributed by atoms with van der Waals surface area (Å²) >= 11 is 1.33. The highest BCUT2D eigenvalue weighted by Crippen LogP contribution is 2.61. The lowest BCUT2D eigenvalue weighted by Gasteiger charge is -2.56. The van der Waals surface area contributed by atoms with Crippen LogP contribution in [0.15, 0.2) is 0 Å². The number of rotatable bonds is 5. The van der Waals surface area contributed by atoms with Gasteiger partial charge in [-0.2, -0.15) is 0 Å². The molecule has 4 fully saturated rings. The van der Waals surface area contributed by atoms with Crippen LogP contribution in [0.4, 0.5) is 5.13 Å². The first-order chi connectivity index (χ1) is 11.5. The average molecular weight is 348 g/mol. The Morgan fingerprint density at radius 3 is 2.25 bits per heavy atom. The zero-order valence-corrected chi connectivity index (χ0v) is 14.8. The normalized spacial score (nSPS) is 33.5. The fraction of sp³-hybridized carbons (Fsp3) is 0.765. The van der Waals surface area contributed by atoms with E-state index in [4.69, 9.17) is 0 Å². The summed E-state index contributed by atoms with van der Waals surface area (Å²) in [6, 6.07) is 0. The molecule has 4 saturated carbocycles. The number of hydrogen-bond acceptors (Lipinski definition) is 5. The molecule has 0 atom stereocenters. The molecule has 1 heterocycles. The van der Waals surface area contributed by atoms with Gasteiger partial charge in [-0.1, -0.05) is 11.3 Å². The predicted molar refractivity (Wildman–Crippen MR) is 91.5 cm³/mol. The molecule has 0 aliphatic heterocycles. The number of nitrogens with one attached hydrogen (secondary N) is 2. The van der Waals surface area contributed by atoms with Crippen LogP contribution in [0, 0.1) is 30.1 Å². The second-order valence-electron chi connectivity index (χ2n) is 8.05. The predicted octanol–water partition coefficient (Wildman–Crippen LogP) is 2.51. The lowest BCUT2D eigenvalue weighted by molar-refractivity contribution is -0.131. The van der Waals surface area contributed by atoms with Gasteiger partial charge in [0.25, 0.3) is 0 Å². The number of hydrogen-bond donors (Lipinski definition) is 2. The zero-order chi connectivity index (χ0) is 16.7. The van der Waals surface area contributed by atoms with Crippen molar-refractivity contribution in [3.05, 3.63) is 5.01 Å². The van der Waals surface area contributed by atoms with Crippen LogP contribution in [-0.4, -0.2) is 28.6 Å². The molecule has 4 bridgehead atoms. The van der Waals surface area contributed by atoms with Crippen molar-refractivity contribution in [1.29, 1.82) is 0 Å². The van der Waals surface area contributed by atoms with Gasteiger partial charge in [0.2, 0.25) is 16.9 Å². The van der Waals surface area contributed by atoms with Crippen molar-refractivity contribution in [2.45, 2.75) is 51.9 Å². The van der Waals surface area contributed by atoms with Crippen LogP contribution in [0.5, 0.6) is 0 Å². The van der Waals surface area contributed by atoms with E-state index >= 15 is 0 Å². The number of carbonyl (C=O) groups is 2. The fourth-order valence-corrected chi connectivity index (χ4v) is 6.21. The Kier molecular flexibility index (Phi) is 4.06. The molecule has 4 aliphatic rings. The van der Waals surface area contributed by atoms with Gasteiger partial charge in [0.05, 0.1) is 6.54 Å². The molecule has 0 saturated heterocycles. The molecule has 0 spiro atoms. The molecule has 1 aromatic heterocycles. The van der Waals surface area contributed by atoms with Crippen molar-refractivity contribution < 1.29 is 9.59 Å². The van der Waals surface area contributed by atoms with Crippen LogP contribution < -0.4 is 10.6 Å². The summed E-state index contributed by atoms with van der Waals surface area (Å²) in [4.78, 5) is 24.3. The van der Waals surface area contributed by atoms with Crippen LogP contribution in [0.25, 0.3) is 0 Å². The van der Waals surface area contributed by atoms with E-state index in [-0.39, 0.29) is 23.8 Å². The summed E-state index contributed by atoms with van der Waals surface area (Å²) in [5.74, 6) is 2.29. The van der Waals surface area contributed by atoms with Gasteiger partial charge < -0.3 is 5.32 Å². The van der Waals surface area contributed by atoms with Crippen LogP contribution in [0.2, 0.25) is 0 Å². The molecule has 0 unspecified atom stereocenters. The Labute approximate surface area is 145 Å². The minimum Gasteiger partial charge on any atom is -0.347 e. The van der Waals surface area contributed by atoms with Crippen molar-refractivity contribution in [1.82, 2.24) is 15.5 Å². The Hall–Kier alpha value is -1.50. The minimum atomic E-state index is -0.245. The molecular weight excluding hydrogens is 324 g/mol. The molecule has 4 aliphatic carbocycles. The van der Waals surface area contributed by atoms with Gasteiger partial charge in [0.1, 0.15) is 5.01 Å². The third-order valence-corrected chi connectivity index (χ3v) is 6.67. The standard InChI is InChI=1S/C17H24N4O2S/c1-10-20-21-16(24-10)19-15(23)9-18-14(22)8-17-5-11-2-12(6-17)4-13(3-11)7-17/h11-13H,2-9H2,1H3,(H,18,22)(H,19,21,23). The van der Waals surface area contributed by atoms with Gasteiger partial charge in [-0.05, 0) is 68.6 Å². The minimum absolute atomic E-state index is 0.00380. The lowest BCUT2D eigenvalue weighted by Crippen LogP contribution is -2.48. The molecule has 130 valence electrons. The molecule has 2 N–H and O–H groups in total. The summed E-state index contributed by atoms with van der Waals surface area (Å²) in [6.07, 6.45) is 8.36. The molecule has 5 rings (SSSR count). The smallest absolute Gasteiger partial charge is 0.245 e. The SMILES string of the molecule is Cc1nnc(NC(=O)CNC(=O)CC23CC4CC(CC(C4)C2)C3)s1. The number of anilines is 1. The Bertz CT molecular complexity index is 621. The number of amides is 2. The molecule has 0 radical (unpaired) electrons. The van der Waals surface area contributed by atoms with Crippen molar-refractivity contribution in [3.8, 4) is 0 Å². The summed E-state index contributed by atoms with van der Waals surface area (Å²) in [5.41, 5.74) is 0.214. The summed E-state index contributed by atoms with van der Waals surface area (Å²) < 4.78 is 0. The van der Waals surface area contributed by atoms with Crippen LogP contribution in [0.3, 0.4) is 0 Å². The largest absolute Gasteiger partial charge is 0.347 e. The highest BCUT2D eigenvalue weighted by molar-refractivity contribution is 7.15. The molecular formula is C17H24N4O2S. The maximum atomic E-state index is 12.4. The number of aromatic nitrogens is 2. The summed E-state index contributed by atoms with van der Waals surface area (Å²) in [7, 11) is 0. The first-order valence-electron chi connectivity index (χ1n) is 8.86. The number of carbonyl (C=O) groups excluding carboxylic acids is 2. The van der Waals surface area contributed by atoms with Crippen molar-refractivity contribution >= 4 is 28.3 Å².